The van der Waals surface area contributed by atoms with Crippen LogP contribution in [0.2, 0.25) is 0 Å². The monoisotopic (exact) mass is 471 g/mol. The highest BCUT2D eigenvalue weighted by atomic mass is 16.8. The van der Waals surface area contributed by atoms with Gasteiger partial charge in [-0.3, -0.25) is 5.32 Å². The lowest BCUT2D eigenvalue weighted by Crippen LogP contribution is -2.53. The molecule has 0 saturated carbocycles. The average molecular weight is 472 g/mol. The number of nitrogens with one attached hydrogen (secondary N) is 1. The van der Waals surface area contributed by atoms with Crippen LogP contribution in [0.4, 0.5) is 0 Å². The molecule has 3 aromatic carbocycles. The van der Waals surface area contributed by atoms with Gasteiger partial charge in [0.15, 0.2) is 5.79 Å². The molecule has 3 aromatic rings. The summed E-state index contributed by atoms with van der Waals surface area (Å²) < 4.78 is 23.6. The fourth-order valence-corrected chi connectivity index (χ4v) is 5.32. The molecule has 0 bridgehead atoms. The molecule has 0 radical (unpaired) electrons. The first-order valence-electron chi connectivity index (χ1n) is 12.1. The minimum atomic E-state index is -0.676. The minimum Gasteiger partial charge on any atom is -0.359 e. The van der Waals surface area contributed by atoms with Crippen LogP contribution in [0.25, 0.3) is 0 Å². The molecule has 1 N–H and O–H groups in total. The highest BCUT2D eigenvalue weighted by Gasteiger charge is 2.52. The molecule has 1 heterocycles. The molecule has 35 heavy (non-hydrogen) atoms. The Morgan fingerprint density at radius 1 is 0.800 bits per heavy atom. The van der Waals surface area contributed by atoms with E-state index in [1.54, 1.807) is 7.11 Å². The van der Waals surface area contributed by atoms with Crippen molar-refractivity contribution < 1.29 is 18.9 Å². The van der Waals surface area contributed by atoms with Gasteiger partial charge in [-0.2, -0.15) is 0 Å². The quantitative estimate of drug-likeness (QED) is 0.206. The smallest absolute Gasteiger partial charge is 0.164 e. The van der Waals surface area contributed by atoms with E-state index in [0.29, 0.717) is 6.61 Å². The summed E-state index contributed by atoms with van der Waals surface area (Å²) in [5.74, 6) is -0.676. The predicted octanol–water partition coefficient (Wildman–Crippen LogP) is 5.02. The minimum absolute atomic E-state index is 0.108. The van der Waals surface area contributed by atoms with Crippen LogP contribution in [0.3, 0.4) is 0 Å². The molecule has 0 spiro atoms. The Balaban J connectivity index is 1.62. The van der Waals surface area contributed by atoms with Crippen LogP contribution in [0.5, 0.6) is 0 Å². The third-order valence-corrected chi connectivity index (χ3v) is 6.72. The van der Waals surface area contributed by atoms with Gasteiger partial charge in [0.25, 0.3) is 0 Å². The van der Waals surface area contributed by atoms with Crippen LogP contribution in [0, 0.1) is 0 Å². The number of hydrogen-bond acceptors (Lipinski definition) is 5. The number of benzene rings is 3. The van der Waals surface area contributed by atoms with Crippen molar-refractivity contribution in [3.05, 3.63) is 119 Å². The van der Waals surface area contributed by atoms with Gasteiger partial charge < -0.3 is 18.9 Å². The van der Waals surface area contributed by atoms with Crippen LogP contribution >= 0.6 is 0 Å². The van der Waals surface area contributed by atoms with Crippen molar-refractivity contribution in [3.63, 3.8) is 0 Å². The van der Waals surface area contributed by atoms with Crippen molar-refractivity contribution in [1.82, 2.24) is 5.32 Å². The fraction of sp³-hybridized carbons (Fsp3) is 0.333. The van der Waals surface area contributed by atoms with E-state index in [1.807, 2.05) is 13.8 Å². The number of rotatable bonds is 9. The second-order valence-electron chi connectivity index (χ2n) is 9.54. The Hall–Kier alpha value is -2.80. The van der Waals surface area contributed by atoms with E-state index in [4.69, 9.17) is 18.9 Å². The molecule has 5 nitrogen and oxygen atoms in total. The Bertz CT molecular complexity index is 1030. The molecule has 1 aliphatic heterocycles. The lowest BCUT2D eigenvalue weighted by molar-refractivity contribution is -0.147. The maximum atomic E-state index is 6.45. The van der Waals surface area contributed by atoms with Crippen LogP contribution in [-0.2, 0) is 24.5 Å². The van der Waals surface area contributed by atoms with Crippen molar-refractivity contribution in [2.75, 3.05) is 20.5 Å². The van der Waals surface area contributed by atoms with Gasteiger partial charge in [0.2, 0.25) is 0 Å². The van der Waals surface area contributed by atoms with Crippen LogP contribution in [-0.4, -0.2) is 44.5 Å². The number of hydrogen-bond donors (Lipinski definition) is 1. The fourth-order valence-electron chi connectivity index (χ4n) is 5.32. The summed E-state index contributed by atoms with van der Waals surface area (Å²) >= 11 is 0. The van der Waals surface area contributed by atoms with Gasteiger partial charge in [0, 0.05) is 7.11 Å². The summed E-state index contributed by atoms with van der Waals surface area (Å²) in [6.07, 6.45) is 1.85. The number of ether oxygens (including phenoxy) is 4. The summed E-state index contributed by atoms with van der Waals surface area (Å²) in [4.78, 5) is 0. The molecule has 5 rings (SSSR count). The Morgan fingerprint density at radius 3 is 1.80 bits per heavy atom. The van der Waals surface area contributed by atoms with Gasteiger partial charge >= 0.3 is 0 Å². The zero-order chi connectivity index (χ0) is 24.3. The third kappa shape index (κ3) is 4.70. The molecule has 0 unspecified atom stereocenters. The summed E-state index contributed by atoms with van der Waals surface area (Å²) in [5.41, 5.74) is 3.94. The van der Waals surface area contributed by atoms with Crippen LogP contribution in [0.15, 0.2) is 103 Å². The first-order chi connectivity index (χ1) is 17.0. The van der Waals surface area contributed by atoms with Gasteiger partial charge in [0.1, 0.15) is 19.0 Å². The van der Waals surface area contributed by atoms with Crippen molar-refractivity contribution in [3.8, 4) is 0 Å². The summed E-state index contributed by atoms with van der Waals surface area (Å²) in [5, 5.41) is 4.04. The standard InChI is InChI=1S/C30H33NO4/c1-29(2)34-27-22(20-33-21-32-3)19-26(28(27)35-29)31-30(23-13-7-4-8-14-23,24-15-9-5-10-16-24)25-17-11-6-12-18-25/h4-19,26-28,31H,20-21H2,1-3H3/t26-,27-,28+/m1/s1. The highest BCUT2D eigenvalue weighted by Crippen LogP contribution is 2.43. The van der Waals surface area contributed by atoms with E-state index in [0.717, 1.165) is 22.3 Å². The normalized spacial score (nSPS) is 23.2. The molecule has 1 aliphatic carbocycles. The Kier molecular flexibility index (Phi) is 6.87. The maximum absolute atomic E-state index is 6.45. The third-order valence-electron chi connectivity index (χ3n) is 6.72. The molecule has 5 heteroatoms. The second-order valence-corrected chi connectivity index (χ2v) is 9.54. The number of fused-ring (bicyclic) bond motifs is 1. The van der Waals surface area contributed by atoms with E-state index in [9.17, 15) is 0 Å². The summed E-state index contributed by atoms with van der Waals surface area (Å²) in [7, 11) is 1.63. The molecule has 1 fully saturated rings. The van der Waals surface area contributed by atoms with Gasteiger partial charge in [-0.25, -0.2) is 0 Å². The summed E-state index contributed by atoms with van der Waals surface area (Å²) in [6.45, 7) is 4.60. The highest BCUT2D eigenvalue weighted by molar-refractivity contribution is 5.50. The van der Waals surface area contributed by atoms with E-state index in [-0.39, 0.29) is 25.0 Å². The lowest BCUT2D eigenvalue weighted by atomic mass is 9.76. The van der Waals surface area contributed by atoms with Gasteiger partial charge in [0.05, 0.1) is 18.2 Å². The van der Waals surface area contributed by atoms with E-state index < -0.39 is 11.3 Å². The zero-order valence-corrected chi connectivity index (χ0v) is 20.5. The first kappa shape index (κ1) is 23.9. The van der Waals surface area contributed by atoms with Crippen molar-refractivity contribution in [2.24, 2.45) is 0 Å². The topological polar surface area (TPSA) is 49.0 Å². The molecular weight excluding hydrogens is 438 g/mol. The molecule has 0 amide bonds. The van der Waals surface area contributed by atoms with Gasteiger partial charge in [-0.05, 0) is 36.1 Å². The maximum Gasteiger partial charge on any atom is 0.164 e. The molecule has 182 valence electrons. The number of methoxy groups -OCH3 is 1. The van der Waals surface area contributed by atoms with E-state index in [1.165, 1.54) is 0 Å². The SMILES string of the molecule is COCOCC1=C[C@@H](NC(c2ccccc2)(c2ccccc2)c2ccccc2)[C@@H]2OC(C)(C)O[C@H]12. The van der Waals surface area contributed by atoms with Gasteiger partial charge in [-0.15, -0.1) is 0 Å². The van der Waals surface area contributed by atoms with Gasteiger partial charge in [-0.1, -0.05) is 97.1 Å². The largest absolute Gasteiger partial charge is 0.359 e. The second kappa shape index (κ2) is 10.1. The molecule has 1 saturated heterocycles. The van der Waals surface area contributed by atoms with Crippen LogP contribution < -0.4 is 5.32 Å². The molecular formula is C30H33NO4. The van der Waals surface area contributed by atoms with E-state index >= 15 is 0 Å². The van der Waals surface area contributed by atoms with E-state index in [2.05, 4.69) is 102 Å². The first-order valence-corrected chi connectivity index (χ1v) is 12.1. The summed E-state index contributed by atoms with van der Waals surface area (Å²) in [6, 6.07) is 31.7. The Labute approximate surface area is 207 Å². The molecule has 0 aromatic heterocycles. The molecule has 3 atom stereocenters. The average Bonchev–Trinajstić information content (AvgIpc) is 3.37. The van der Waals surface area contributed by atoms with Crippen molar-refractivity contribution in [1.29, 1.82) is 0 Å². The van der Waals surface area contributed by atoms with Crippen molar-refractivity contribution >= 4 is 0 Å². The Morgan fingerprint density at radius 2 is 1.31 bits per heavy atom. The van der Waals surface area contributed by atoms with Crippen LogP contribution in [0.1, 0.15) is 30.5 Å². The zero-order valence-electron chi connectivity index (χ0n) is 20.5. The molecule has 2 aliphatic rings. The lowest BCUT2D eigenvalue weighted by Gasteiger charge is -2.40. The predicted molar refractivity (Wildman–Crippen MR) is 136 cm³/mol. The van der Waals surface area contributed by atoms with Crippen molar-refractivity contribution in [2.45, 2.75) is 43.4 Å².